The lowest BCUT2D eigenvalue weighted by molar-refractivity contribution is 0.105. The summed E-state index contributed by atoms with van der Waals surface area (Å²) in [5.41, 5.74) is 3.16. The zero-order valence-electron chi connectivity index (χ0n) is 12.8. The average Bonchev–Trinajstić information content (AvgIpc) is 2.20. The van der Waals surface area contributed by atoms with E-state index >= 15 is 0 Å². The largest absolute Gasteiger partial charge is 0.382 e. The van der Waals surface area contributed by atoms with Gasteiger partial charge in [0, 0.05) is 16.8 Å². The van der Waals surface area contributed by atoms with Crippen LogP contribution in [0.3, 0.4) is 0 Å². The first-order valence-corrected chi connectivity index (χ1v) is 7.58. The number of rotatable bonds is 2. The molecule has 19 heavy (non-hydrogen) atoms. The van der Waals surface area contributed by atoms with Crippen LogP contribution in [0.15, 0.2) is 18.2 Å². The number of nitrogens with one attached hydrogen (secondary N) is 1. The fourth-order valence-corrected chi connectivity index (χ4v) is 4.11. The highest BCUT2D eigenvalue weighted by molar-refractivity contribution is 6.31. The highest BCUT2D eigenvalue weighted by Gasteiger charge is 2.38. The maximum atomic E-state index is 6.20. The molecule has 1 N–H and O–H groups in total. The van der Waals surface area contributed by atoms with Gasteiger partial charge in [-0.05, 0) is 54.7 Å². The van der Waals surface area contributed by atoms with Crippen molar-refractivity contribution in [3.8, 4) is 0 Å². The Bertz CT molecular complexity index is 446. The molecule has 0 saturated heterocycles. The van der Waals surface area contributed by atoms with Crippen molar-refractivity contribution in [1.82, 2.24) is 0 Å². The van der Waals surface area contributed by atoms with Crippen LogP contribution >= 0.6 is 11.6 Å². The SMILES string of the molecule is Cc1c(Cl)cccc1NC1CC(C)(C)CC(C)(C)C1. The number of hydrogen-bond donors (Lipinski definition) is 1. The quantitative estimate of drug-likeness (QED) is 0.736. The molecule has 1 nitrogen and oxygen atoms in total. The fourth-order valence-electron chi connectivity index (χ4n) is 3.93. The van der Waals surface area contributed by atoms with Gasteiger partial charge in [-0.25, -0.2) is 0 Å². The van der Waals surface area contributed by atoms with E-state index in [1.54, 1.807) is 0 Å². The minimum absolute atomic E-state index is 0.409. The molecule has 0 amide bonds. The Kier molecular flexibility index (Phi) is 3.88. The summed E-state index contributed by atoms with van der Waals surface area (Å²) in [7, 11) is 0. The lowest BCUT2D eigenvalue weighted by Crippen LogP contribution is -2.40. The zero-order valence-corrected chi connectivity index (χ0v) is 13.6. The Morgan fingerprint density at radius 1 is 1.11 bits per heavy atom. The third kappa shape index (κ3) is 3.66. The Morgan fingerprint density at radius 3 is 2.26 bits per heavy atom. The number of hydrogen-bond acceptors (Lipinski definition) is 1. The van der Waals surface area contributed by atoms with Crippen LogP contribution in [0.2, 0.25) is 5.02 Å². The molecule has 2 rings (SSSR count). The zero-order chi connectivity index (χ0) is 14.3. The van der Waals surface area contributed by atoms with E-state index in [0.717, 1.165) is 10.6 Å². The van der Waals surface area contributed by atoms with Crippen LogP contribution in [-0.2, 0) is 0 Å². The van der Waals surface area contributed by atoms with Gasteiger partial charge in [0.25, 0.3) is 0 Å². The van der Waals surface area contributed by atoms with Gasteiger partial charge in [-0.2, -0.15) is 0 Å². The van der Waals surface area contributed by atoms with E-state index in [0.29, 0.717) is 16.9 Å². The smallest absolute Gasteiger partial charge is 0.0455 e. The summed E-state index contributed by atoms with van der Waals surface area (Å²) in [5, 5.41) is 4.56. The summed E-state index contributed by atoms with van der Waals surface area (Å²) >= 11 is 6.20. The summed E-state index contributed by atoms with van der Waals surface area (Å²) in [4.78, 5) is 0. The second kappa shape index (κ2) is 5.01. The Labute approximate surface area is 122 Å². The Balaban J connectivity index is 2.16. The van der Waals surface area contributed by atoms with Crippen LogP contribution in [0, 0.1) is 17.8 Å². The normalized spacial score (nSPS) is 22.2. The molecule has 0 heterocycles. The average molecular weight is 280 g/mol. The number of benzene rings is 1. The summed E-state index contributed by atoms with van der Waals surface area (Å²) in [6.45, 7) is 11.6. The van der Waals surface area contributed by atoms with E-state index in [9.17, 15) is 0 Å². The molecule has 0 aliphatic heterocycles. The molecule has 0 spiro atoms. The second-order valence-electron chi connectivity index (χ2n) is 7.67. The van der Waals surface area contributed by atoms with Crippen molar-refractivity contribution in [2.24, 2.45) is 10.8 Å². The lowest BCUT2D eigenvalue weighted by Gasteiger charge is -2.45. The highest BCUT2D eigenvalue weighted by atomic mass is 35.5. The van der Waals surface area contributed by atoms with Gasteiger partial charge in [0.15, 0.2) is 0 Å². The molecule has 1 aromatic carbocycles. The molecule has 0 radical (unpaired) electrons. The molecule has 0 unspecified atom stereocenters. The Hall–Kier alpha value is -0.690. The molecule has 106 valence electrons. The van der Waals surface area contributed by atoms with Gasteiger partial charge >= 0.3 is 0 Å². The second-order valence-corrected chi connectivity index (χ2v) is 8.07. The van der Waals surface area contributed by atoms with Crippen LogP contribution in [0.25, 0.3) is 0 Å². The van der Waals surface area contributed by atoms with E-state index in [-0.39, 0.29) is 0 Å². The van der Waals surface area contributed by atoms with Gasteiger partial charge in [0.2, 0.25) is 0 Å². The molecule has 0 bridgehead atoms. The maximum Gasteiger partial charge on any atom is 0.0455 e. The number of anilines is 1. The van der Waals surface area contributed by atoms with Gasteiger partial charge < -0.3 is 5.32 Å². The van der Waals surface area contributed by atoms with Crippen LogP contribution in [0.5, 0.6) is 0 Å². The van der Waals surface area contributed by atoms with Crippen molar-refractivity contribution in [2.45, 2.75) is 59.9 Å². The van der Waals surface area contributed by atoms with E-state index in [2.05, 4.69) is 46.0 Å². The first-order chi connectivity index (χ1) is 8.69. The predicted molar refractivity (Wildman–Crippen MR) is 85.0 cm³/mol. The molecular weight excluding hydrogens is 254 g/mol. The van der Waals surface area contributed by atoms with Gasteiger partial charge in [0.1, 0.15) is 0 Å². The van der Waals surface area contributed by atoms with Gasteiger partial charge in [-0.1, -0.05) is 45.4 Å². The summed E-state index contributed by atoms with van der Waals surface area (Å²) in [6.07, 6.45) is 3.75. The predicted octanol–water partition coefficient (Wildman–Crippen LogP) is 5.67. The van der Waals surface area contributed by atoms with Crippen LogP contribution in [-0.4, -0.2) is 6.04 Å². The minimum Gasteiger partial charge on any atom is -0.382 e. The first kappa shape index (κ1) is 14.7. The molecule has 1 saturated carbocycles. The van der Waals surface area contributed by atoms with Gasteiger partial charge in [-0.15, -0.1) is 0 Å². The van der Waals surface area contributed by atoms with Crippen molar-refractivity contribution >= 4 is 17.3 Å². The molecule has 1 aliphatic carbocycles. The maximum absolute atomic E-state index is 6.20. The van der Waals surface area contributed by atoms with Crippen LogP contribution < -0.4 is 5.32 Å². The molecular formula is C17H26ClN. The van der Waals surface area contributed by atoms with Crippen molar-refractivity contribution < 1.29 is 0 Å². The van der Waals surface area contributed by atoms with Crippen LogP contribution in [0.1, 0.15) is 52.5 Å². The minimum atomic E-state index is 0.409. The Morgan fingerprint density at radius 2 is 1.68 bits per heavy atom. The van der Waals surface area contributed by atoms with Crippen molar-refractivity contribution in [3.05, 3.63) is 28.8 Å². The van der Waals surface area contributed by atoms with Gasteiger partial charge in [0.05, 0.1) is 0 Å². The van der Waals surface area contributed by atoms with Crippen LogP contribution in [0.4, 0.5) is 5.69 Å². The molecule has 1 fully saturated rings. The van der Waals surface area contributed by atoms with Crippen molar-refractivity contribution in [3.63, 3.8) is 0 Å². The highest BCUT2D eigenvalue weighted by Crippen LogP contribution is 2.46. The summed E-state index contributed by atoms with van der Waals surface area (Å²) in [5.74, 6) is 0. The number of halogens is 1. The third-order valence-electron chi connectivity index (χ3n) is 4.18. The lowest BCUT2D eigenvalue weighted by atomic mass is 9.63. The first-order valence-electron chi connectivity index (χ1n) is 7.20. The topological polar surface area (TPSA) is 12.0 Å². The van der Waals surface area contributed by atoms with Crippen molar-refractivity contribution in [1.29, 1.82) is 0 Å². The monoisotopic (exact) mass is 279 g/mol. The molecule has 0 atom stereocenters. The summed E-state index contributed by atoms with van der Waals surface area (Å²) in [6, 6.07) is 6.65. The molecule has 2 heteroatoms. The molecule has 0 aromatic heterocycles. The van der Waals surface area contributed by atoms with E-state index in [1.807, 2.05) is 12.1 Å². The van der Waals surface area contributed by atoms with E-state index in [1.165, 1.54) is 24.9 Å². The molecule has 1 aliphatic rings. The molecule has 1 aromatic rings. The van der Waals surface area contributed by atoms with Crippen molar-refractivity contribution in [2.75, 3.05) is 5.32 Å². The van der Waals surface area contributed by atoms with E-state index in [4.69, 9.17) is 11.6 Å². The third-order valence-corrected chi connectivity index (χ3v) is 4.59. The summed E-state index contributed by atoms with van der Waals surface area (Å²) < 4.78 is 0. The standard InChI is InChI=1S/C17H26ClN/c1-12-14(18)7-6-8-15(12)19-13-9-16(2,3)11-17(4,5)10-13/h6-8,13,19H,9-11H2,1-5H3. The fraction of sp³-hybridized carbons (Fsp3) is 0.647. The van der Waals surface area contributed by atoms with E-state index < -0.39 is 0 Å². The van der Waals surface area contributed by atoms with Gasteiger partial charge in [-0.3, -0.25) is 0 Å².